The minimum Gasteiger partial charge on any atom is -0.508 e. The molecule has 0 spiro atoms. The number of hydrogen-bond donors (Lipinski definition) is 1. The van der Waals surface area contributed by atoms with Gasteiger partial charge in [0.15, 0.2) is 5.43 Å². The van der Waals surface area contributed by atoms with E-state index in [1.165, 1.54) is 5.56 Å². The molecular formula is C23H20O3. The van der Waals surface area contributed by atoms with Crippen molar-refractivity contribution in [2.75, 3.05) is 0 Å². The Balaban J connectivity index is 2.27. The van der Waals surface area contributed by atoms with Crippen LogP contribution in [0.25, 0.3) is 33.4 Å². The van der Waals surface area contributed by atoms with E-state index in [0.717, 1.165) is 27.6 Å². The first kappa shape index (κ1) is 16.4. The predicted octanol–water partition coefficient (Wildman–Crippen LogP) is 5.50. The fourth-order valence-electron chi connectivity index (χ4n) is 3.64. The molecule has 0 atom stereocenters. The summed E-state index contributed by atoms with van der Waals surface area (Å²) in [6.45, 7) is 7.77. The van der Waals surface area contributed by atoms with Crippen LogP contribution in [0.4, 0.5) is 0 Å². The Bertz CT molecular complexity index is 1200. The van der Waals surface area contributed by atoms with Crippen molar-refractivity contribution in [1.29, 1.82) is 0 Å². The van der Waals surface area contributed by atoms with Gasteiger partial charge in [-0.25, -0.2) is 0 Å². The Morgan fingerprint density at radius 1 is 0.846 bits per heavy atom. The summed E-state index contributed by atoms with van der Waals surface area (Å²) in [5, 5.41) is 11.1. The van der Waals surface area contributed by atoms with Gasteiger partial charge >= 0.3 is 0 Å². The molecule has 2 aromatic carbocycles. The lowest BCUT2D eigenvalue weighted by Crippen LogP contribution is -2.07. The molecule has 3 heteroatoms. The van der Waals surface area contributed by atoms with Crippen LogP contribution in [-0.4, -0.2) is 5.11 Å². The smallest absolute Gasteiger partial charge is 0.185 e. The van der Waals surface area contributed by atoms with E-state index in [2.05, 4.69) is 32.0 Å². The lowest BCUT2D eigenvalue weighted by atomic mass is 9.89. The molecule has 1 aliphatic carbocycles. The highest BCUT2D eigenvalue weighted by atomic mass is 16.3. The zero-order valence-corrected chi connectivity index (χ0v) is 15.3. The Hall–Kier alpha value is -3.07. The van der Waals surface area contributed by atoms with Crippen LogP contribution in [0.15, 0.2) is 51.7 Å². The summed E-state index contributed by atoms with van der Waals surface area (Å²) < 4.78 is 6.14. The van der Waals surface area contributed by atoms with Gasteiger partial charge in [-0.05, 0) is 63.1 Å². The van der Waals surface area contributed by atoms with Crippen LogP contribution in [-0.2, 0) is 0 Å². The van der Waals surface area contributed by atoms with Crippen molar-refractivity contribution in [3.63, 3.8) is 0 Å². The number of aryl methyl sites for hydroxylation is 3. The molecule has 130 valence electrons. The largest absolute Gasteiger partial charge is 0.508 e. The first-order valence-electron chi connectivity index (χ1n) is 8.65. The van der Waals surface area contributed by atoms with E-state index in [0.29, 0.717) is 22.5 Å². The van der Waals surface area contributed by atoms with E-state index >= 15 is 0 Å². The van der Waals surface area contributed by atoms with Gasteiger partial charge in [-0.15, -0.1) is 0 Å². The molecule has 0 amide bonds. The summed E-state index contributed by atoms with van der Waals surface area (Å²) in [5.41, 5.74) is 7.22. The standard InChI is InChI=1S/C23H20O3/c1-12-5-6-16(13(2)11-12)21-17-7-9-19(24)14(3)22(17)26-23-15(4)20(25)10-8-18(21)23/h5-11,24H,1-4H3. The third-order valence-corrected chi connectivity index (χ3v) is 5.13. The molecule has 0 aromatic heterocycles. The zero-order valence-electron chi connectivity index (χ0n) is 15.3. The number of phenols is 1. The maximum absolute atomic E-state index is 12.2. The van der Waals surface area contributed by atoms with Crippen molar-refractivity contribution in [3.8, 4) is 28.2 Å². The van der Waals surface area contributed by atoms with Crippen molar-refractivity contribution >= 4 is 11.0 Å². The maximum Gasteiger partial charge on any atom is 0.185 e. The lowest BCUT2D eigenvalue weighted by Gasteiger charge is -2.19. The third-order valence-electron chi connectivity index (χ3n) is 5.13. The molecule has 1 N–H and O–H groups in total. The van der Waals surface area contributed by atoms with E-state index < -0.39 is 0 Å². The monoisotopic (exact) mass is 344 g/mol. The highest BCUT2D eigenvalue weighted by Gasteiger charge is 2.22. The molecule has 2 aliphatic rings. The molecule has 0 saturated heterocycles. The second kappa shape index (κ2) is 5.73. The molecular weight excluding hydrogens is 324 g/mol. The van der Waals surface area contributed by atoms with Crippen LogP contribution in [0.1, 0.15) is 22.3 Å². The minimum atomic E-state index is -0.0509. The molecule has 0 radical (unpaired) electrons. The first-order valence-corrected chi connectivity index (χ1v) is 8.65. The molecule has 0 fully saturated rings. The van der Waals surface area contributed by atoms with Crippen LogP contribution in [0.2, 0.25) is 0 Å². The normalized spacial score (nSPS) is 11.4. The van der Waals surface area contributed by atoms with E-state index in [9.17, 15) is 9.90 Å². The third kappa shape index (κ3) is 2.31. The molecule has 3 nitrogen and oxygen atoms in total. The Labute approximate surface area is 151 Å². The number of aromatic hydroxyl groups is 1. The first-order chi connectivity index (χ1) is 12.4. The van der Waals surface area contributed by atoms with Gasteiger partial charge in [-0.3, -0.25) is 4.79 Å². The van der Waals surface area contributed by atoms with Gasteiger partial charge in [0.25, 0.3) is 0 Å². The van der Waals surface area contributed by atoms with Gasteiger partial charge in [0.05, 0.1) is 0 Å². The fourth-order valence-corrected chi connectivity index (χ4v) is 3.64. The summed E-state index contributed by atoms with van der Waals surface area (Å²) in [6, 6.07) is 13.4. The molecule has 26 heavy (non-hydrogen) atoms. The van der Waals surface area contributed by atoms with Crippen molar-refractivity contribution in [2.24, 2.45) is 0 Å². The summed E-state index contributed by atoms with van der Waals surface area (Å²) in [4.78, 5) is 12.2. The SMILES string of the molecule is Cc1ccc(-c2c3ccc(=O)c(C)c-3oc3c(C)c(O)ccc23)c(C)c1. The number of phenolic OH excluding ortho intramolecular Hbond substituents is 1. The second-order valence-corrected chi connectivity index (χ2v) is 6.95. The maximum atomic E-state index is 12.2. The lowest BCUT2D eigenvalue weighted by molar-refractivity contribution is 0.469. The topological polar surface area (TPSA) is 50.4 Å². The van der Waals surface area contributed by atoms with Crippen molar-refractivity contribution in [3.05, 3.63) is 74.9 Å². The van der Waals surface area contributed by atoms with E-state index in [1.54, 1.807) is 19.1 Å². The Morgan fingerprint density at radius 2 is 1.58 bits per heavy atom. The molecule has 0 unspecified atom stereocenters. The summed E-state index contributed by atoms with van der Waals surface area (Å²) in [6.07, 6.45) is 0. The van der Waals surface area contributed by atoms with Gasteiger partial charge in [0.2, 0.25) is 0 Å². The number of rotatable bonds is 1. The highest BCUT2D eigenvalue weighted by Crippen LogP contribution is 2.44. The summed E-state index contributed by atoms with van der Waals surface area (Å²) in [7, 11) is 0. The van der Waals surface area contributed by atoms with Gasteiger partial charge < -0.3 is 9.52 Å². The van der Waals surface area contributed by atoms with Crippen molar-refractivity contribution in [2.45, 2.75) is 27.7 Å². The van der Waals surface area contributed by atoms with Gasteiger partial charge in [0.1, 0.15) is 17.1 Å². The van der Waals surface area contributed by atoms with E-state index in [-0.39, 0.29) is 11.2 Å². The van der Waals surface area contributed by atoms with Crippen LogP contribution < -0.4 is 5.43 Å². The van der Waals surface area contributed by atoms with Crippen LogP contribution in [0.3, 0.4) is 0 Å². The molecule has 0 saturated carbocycles. The molecule has 1 aliphatic heterocycles. The summed E-state index contributed by atoms with van der Waals surface area (Å²) >= 11 is 0. The van der Waals surface area contributed by atoms with Crippen LogP contribution >= 0.6 is 0 Å². The van der Waals surface area contributed by atoms with Crippen LogP contribution in [0, 0.1) is 27.7 Å². The van der Waals surface area contributed by atoms with Gasteiger partial charge in [-0.2, -0.15) is 0 Å². The molecule has 0 bridgehead atoms. The number of hydrogen-bond acceptors (Lipinski definition) is 3. The minimum absolute atomic E-state index is 0.0509. The quantitative estimate of drug-likeness (QED) is 0.464. The Morgan fingerprint density at radius 3 is 2.31 bits per heavy atom. The van der Waals surface area contributed by atoms with Crippen molar-refractivity contribution < 1.29 is 9.52 Å². The predicted molar refractivity (Wildman–Crippen MR) is 105 cm³/mol. The number of benzene rings is 3. The molecule has 2 aromatic rings. The molecule has 1 heterocycles. The Kier molecular flexibility index (Phi) is 3.62. The van der Waals surface area contributed by atoms with Gasteiger partial charge in [0, 0.05) is 27.6 Å². The number of fused-ring (bicyclic) bond motifs is 2. The molecule has 4 rings (SSSR count). The average Bonchev–Trinajstić information content (AvgIpc) is 2.61. The van der Waals surface area contributed by atoms with Gasteiger partial charge in [-0.1, -0.05) is 23.8 Å². The van der Waals surface area contributed by atoms with E-state index in [4.69, 9.17) is 4.42 Å². The average molecular weight is 344 g/mol. The zero-order chi connectivity index (χ0) is 18.6. The summed E-state index contributed by atoms with van der Waals surface area (Å²) in [5.74, 6) is 0.761. The van der Waals surface area contributed by atoms with E-state index in [1.807, 2.05) is 19.1 Å². The highest BCUT2D eigenvalue weighted by molar-refractivity contribution is 6.04. The van der Waals surface area contributed by atoms with Crippen LogP contribution in [0.5, 0.6) is 5.75 Å². The van der Waals surface area contributed by atoms with Crippen molar-refractivity contribution in [1.82, 2.24) is 0 Å². The second-order valence-electron chi connectivity index (χ2n) is 6.95. The fraction of sp³-hybridized carbons (Fsp3) is 0.174.